The molecule has 0 atom stereocenters. The lowest BCUT2D eigenvalue weighted by Gasteiger charge is -1.98. The molecule has 1 N–H and O–H groups in total. The Kier molecular flexibility index (Phi) is 3.12. The van der Waals surface area contributed by atoms with Gasteiger partial charge in [-0.05, 0) is 31.2 Å². The highest BCUT2D eigenvalue weighted by Gasteiger charge is 2.18. The second-order valence-electron chi connectivity index (χ2n) is 4.39. The third-order valence-corrected chi connectivity index (χ3v) is 3.95. The fraction of sp³-hybridized carbons (Fsp3) is 0.0667. The number of aromatic carboxylic acids is 1. The topological polar surface area (TPSA) is 55.1 Å². The number of rotatable bonds is 3. The summed E-state index contributed by atoms with van der Waals surface area (Å²) in [5.41, 5.74) is 1.57. The van der Waals surface area contributed by atoms with E-state index in [4.69, 9.17) is 0 Å². The molecule has 1 aromatic carbocycles. The lowest BCUT2D eigenvalue weighted by molar-refractivity contribution is 0.0697. The second kappa shape index (κ2) is 4.94. The van der Waals surface area contributed by atoms with Crippen LogP contribution in [0, 0.1) is 6.92 Å². The average molecular weight is 284 g/mol. The van der Waals surface area contributed by atoms with E-state index in [0.29, 0.717) is 5.69 Å². The van der Waals surface area contributed by atoms with E-state index in [1.165, 1.54) is 0 Å². The standard InChI is InChI=1S/C15H12N2O2S/c1-10-7-8-13(20-10)14-12(15(18)19)9-17(16-14)11-5-3-2-4-6-11/h2-9H,1H3,(H,18,19). The first kappa shape index (κ1) is 12.6. The SMILES string of the molecule is Cc1ccc(-c2nn(-c3ccccc3)cc2C(=O)O)s1. The highest BCUT2D eigenvalue weighted by atomic mass is 32.1. The van der Waals surface area contributed by atoms with Crippen molar-refractivity contribution in [3.05, 3.63) is 59.1 Å². The van der Waals surface area contributed by atoms with Crippen LogP contribution in [-0.2, 0) is 0 Å². The largest absolute Gasteiger partial charge is 0.478 e. The Balaban J connectivity index is 2.15. The summed E-state index contributed by atoms with van der Waals surface area (Å²) in [5.74, 6) is -0.965. The molecule has 2 heterocycles. The molecule has 0 radical (unpaired) electrons. The van der Waals surface area contributed by atoms with E-state index in [1.807, 2.05) is 49.4 Å². The number of carboxylic acids is 1. The van der Waals surface area contributed by atoms with E-state index in [-0.39, 0.29) is 5.56 Å². The molecule has 5 heteroatoms. The maximum absolute atomic E-state index is 11.4. The molecule has 0 spiro atoms. The van der Waals surface area contributed by atoms with Crippen LogP contribution in [0.2, 0.25) is 0 Å². The van der Waals surface area contributed by atoms with Crippen LogP contribution >= 0.6 is 11.3 Å². The number of nitrogens with zero attached hydrogens (tertiary/aromatic N) is 2. The van der Waals surface area contributed by atoms with Crippen molar-refractivity contribution in [2.45, 2.75) is 6.92 Å². The van der Waals surface area contributed by atoms with Gasteiger partial charge in [-0.3, -0.25) is 0 Å². The summed E-state index contributed by atoms with van der Waals surface area (Å²) in [6.45, 7) is 1.99. The normalized spacial score (nSPS) is 10.7. The van der Waals surface area contributed by atoms with Gasteiger partial charge in [-0.15, -0.1) is 11.3 Å². The van der Waals surface area contributed by atoms with Crippen molar-refractivity contribution in [1.29, 1.82) is 0 Å². The van der Waals surface area contributed by atoms with Gasteiger partial charge in [-0.1, -0.05) is 18.2 Å². The van der Waals surface area contributed by atoms with Gasteiger partial charge in [0.05, 0.1) is 10.6 Å². The number of benzene rings is 1. The molecule has 0 bridgehead atoms. The second-order valence-corrected chi connectivity index (χ2v) is 5.67. The number of hydrogen-bond acceptors (Lipinski definition) is 3. The fourth-order valence-electron chi connectivity index (χ4n) is 1.99. The fourth-order valence-corrected chi connectivity index (χ4v) is 2.85. The van der Waals surface area contributed by atoms with Crippen LogP contribution in [0.15, 0.2) is 48.7 Å². The highest BCUT2D eigenvalue weighted by molar-refractivity contribution is 7.15. The lowest BCUT2D eigenvalue weighted by Crippen LogP contribution is -1.95. The van der Waals surface area contributed by atoms with Gasteiger partial charge in [-0.2, -0.15) is 5.10 Å². The summed E-state index contributed by atoms with van der Waals surface area (Å²) in [5, 5.41) is 13.8. The number of aromatic nitrogens is 2. The molecular formula is C15H12N2O2S. The van der Waals surface area contributed by atoms with E-state index in [0.717, 1.165) is 15.4 Å². The van der Waals surface area contributed by atoms with E-state index in [9.17, 15) is 9.90 Å². The maximum Gasteiger partial charge on any atom is 0.339 e. The predicted octanol–water partition coefficient (Wildman–Crippen LogP) is 3.61. The monoisotopic (exact) mass is 284 g/mol. The van der Waals surface area contributed by atoms with Crippen molar-refractivity contribution in [1.82, 2.24) is 9.78 Å². The zero-order chi connectivity index (χ0) is 14.1. The minimum atomic E-state index is -0.965. The number of aryl methyl sites for hydroxylation is 1. The summed E-state index contributed by atoms with van der Waals surface area (Å²) in [4.78, 5) is 13.4. The number of carbonyl (C=O) groups is 1. The number of hydrogen-bond donors (Lipinski definition) is 1. The molecule has 2 aromatic heterocycles. The Hall–Kier alpha value is -2.40. The molecular weight excluding hydrogens is 272 g/mol. The Labute approximate surface area is 119 Å². The van der Waals surface area contributed by atoms with Crippen LogP contribution in [0.5, 0.6) is 0 Å². The number of para-hydroxylation sites is 1. The molecule has 3 rings (SSSR count). The minimum absolute atomic E-state index is 0.218. The molecule has 0 aliphatic carbocycles. The van der Waals surface area contributed by atoms with E-state index in [2.05, 4.69) is 5.10 Å². The summed E-state index contributed by atoms with van der Waals surface area (Å²) >= 11 is 1.54. The molecule has 0 fully saturated rings. The Morgan fingerprint density at radius 2 is 1.95 bits per heavy atom. The summed E-state index contributed by atoms with van der Waals surface area (Å²) in [7, 11) is 0. The van der Waals surface area contributed by atoms with Crippen LogP contribution < -0.4 is 0 Å². The molecule has 0 aliphatic heterocycles. The average Bonchev–Trinajstić information content (AvgIpc) is 3.05. The third-order valence-electron chi connectivity index (χ3n) is 2.94. The van der Waals surface area contributed by atoms with Crippen molar-refractivity contribution in [3.63, 3.8) is 0 Å². The van der Waals surface area contributed by atoms with Crippen molar-refractivity contribution in [2.75, 3.05) is 0 Å². The first-order chi connectivity index (χ1) is 9.65. The van der Waals surface area contributed by atoms with Crippen molar-refractivity contribution >= 4 is 17.3 Å². The third kappa shape index (κ3) is 2.23. The number of carboxylic acid groups (broad SMARTS) is 1. The first-order valence-corrected chi connectivity index (χ1v) is 6.92. The van der Waals surface area contributed by atoms with Crippen LogP contribution in [0.25, 0.3) is 16.3 Å². The van der Waals surface area contributed by atoms with Gasteiger partial charge in [0.15, 0.2) is 0 Å². The van der Waals surface area contributed by atoms with E-state index >= 15 is 0 Å². The first-order valence-electron chi connectivity index (χ1n) is 6.10. The lowest BCUT2D eigenvalue weighted by atomic mass is 10.2. The van der Waals surface area contributed by atoms with Gasteiger partial charge in [0.25, 0.3) is 0 Å². The van der Waals surface area contributed by atoms with Gasteiger partial charge < -0.3 is 5.11 Å². The zero-order valence-electron chi connectivity index (χ0n) is 10.8. The smallest absolute Gasteiger partial charge is 0.339 e. The summed E-state index contributed by atoms with van der Waals surface area (Å²) in [6.07, 6.45) is 1.56. The summed E-state index contributed by atoms with van der Waals surface area (Å²) in [6, 6.07) is 13.4. The highest BCUT2D eigenvalue weighted by Crippen LogP contribution is 2.30. The molecule has 20 heavy (non-hydrogen) atoms. The van der Waals surface area contributed by atoms with Crippen molar-refractivity contribution in [2.24, 2.45) is 0 Å². The van der Waals surface area contributed by atoms with Gasteiger partial charge >= 0.3 is 5.97 Å². The van der Waals surface area contributed by atoms with Crippen LogP contribution in [0.3, 0.4) is 0 Å². The predicted molar refractivity (Wildman–Crippen MR) is 78.6 cm³/mol. The van der Waals surface area contributed by atoms with E-state index in [1.54, 1.807) is 22.2 Å². The Morgan fingerprint density at radius 1 is 1.20 bits per heavy atom. The van der Waals surface area contributed by atoms with Gasteiger partial charge in [0.1, 0.15) is 11.3 Å². The van der Waals surface area contributed by atoms with Gasteiger partial charge in [0, 0.05) is 11.1 Å². The molecule has 0 saturated carbocycles. The Morgan fingerprint density at radius 3 is 2.55 bits per heavy atom. The minimum Gasteiger partial charge on any atom is -0.478 e. The molecule has 0 aliphatic rings. The quantitative estimate of drug-likeness (QED) is 0.799. The van der Waals surface area contributed by atoms with Gasteiger partial charge in [-0.25, -0.2) is 9.48 Å². The van der Waals surface area contributed by atoms with E-state index < -0.39 is 5.97 Å². The molecule has 100 valence electrons. The molecule has 0 amide bonds. The van der Waals surface area contributed by atoms with Crippen LogP contribution in [0.1, 0.15) is 15.2 Å². The number of thiophene rings is 1. The van der Waals surface area contributed by atoms with Crippen molar-refractivity contribution in [3.8, 4) is 16.3 Å². The molecule has 0 saturated heterocycles. The summed E-state index contributed by atoms with van der Waals surface area (Å²) < 4.78 is 1.60. The molecule has 3 aromatic rings. The van der Waals surface area contributed by atoms with Crippen LogP contribution in [0.4, 0.5) is 0 Å². The zero-order valence-corrected chi connectivity index (χ0v) is 11.6. The van der Waals surface area contributed by atoms with Crippen LogP contribution in [-0.4, -0.2) is 20.9 Å². The van der Waals surface area contributed by atoms with Gasteiger partial charge in [0.2, 0.25) is 0 Å². The van der Waals surface area contributed by atoms with Crippen molar-refractivity contribution < 1.29 is 9.90 Å². The Bertz CT molecular complexity index is 759. The maximum atomic E-state index is 11.4. The molecule has 0 unspecified atom stereocenters. The molecule has 4 nitrogen and oxygen atoms in total.